The first-order valence-electron chi connectivity index (χ1n) is 4.47. The minimum absolute atomic E-state index is 0.102. The molecule has 0 spiro atoms. The maximum atomic E-state index is 8.79. The van der Waals surface area contributed by atoms with Crippen molar-refractivity contribution in [3.8, 4) is 0 Å². The van der Waals surface area contributed by atoms with Crippen molar-refractivity contribution in [2.24, 2.45) is 5.73 Å². The van der Waals surface area contributed by atoms with Gasteiger partial charge in [-0.1, -0.05) is 23.8 Å². The summed E-state index contributed by atoms with van der Waals surface area (Å²) in [6.07, 6.45) is 0. The molecule has 0 fully saturated rings. The number of hydrogen-bond acceptors (Lipinski definition) is 3. The molecule has 5 heteroatoms. The van der Waals surface area contributed by atoms with Gasteiger partial charge in [-0.3, -0.25) is 0 Å². The Morgan fingerprint density at radius 1 is 1.60 bits per heavy atom. The Kier molecular flexibility index (Phi) is 4.32. The highest BCUT2D eigenvalue weighted by atomic mass is 35.5. The van der Waals surface area contributed by atoms with Crippen molar-refractivity contribution in [3.63, 3.8) is 0 Å². The van der Waals surface area contributed by atoms with Gasteiger partial charge in [0.1, 0.15) is 4.99 Å². The van der Waals surface area contributed by atoms with Gasteiger partial charge in [0.2, 0.25) is 0 Å². The number of halogens is 1. The van der Waals surface area contributed by atoms with Crippen LogP contribution < -0.4 is 10.6 Å². The number of aliphatic hydroxyl groups excluding tert-OH is 1. The predicted octanol–water partition coefficient (Wildman–Crippen LogP) is 1.40. The molecule has 0 radical (unpaired) electrons. The van der Waals surface area contributed by atoms with Crippen molar-refractivity contribution < 1.29 is 5.11 Å². The van der Waals surface area contributed by atoms with Gasteiger partial charge in [0.05, 0.1) is 11.6 Å². The molecule has 0 aliphatic rings. The van der Waals surface area contributed by atoms with Crippen LogP contribution in [0.3, 0.4) is 0 Å². The fourth-order valence-electron chi connectivity index (χ4n) is 1.22. The average Bonchev–Trinajstić information content (AvgIpc) is 2.17. The minimum atomic E-state index is 0.102. The number of likely N-dealkylation sites (N-methyl/N-ethyl adjacent to an activating group) is 1. The van der Waals surface area contributed by atoms with Crippen LogP contribution in [0.1, 0.15) is 5.56 Å². The molecule has 0 saturated carbocycles. The summed E-state index contributed by atoms with van der Waals surface area (Å²) in [6.45, 7) is 0.661. The van der Waals surface area contributed by atoms with Crippen LogP contribution in [0, 0.1) is 0 Å². The number of rotatable bonds is 4. The van der Waals surface area contributed by atoms with Crippen molar-refractivity contribution in [3.05, 3.63) is 28.8 Å². The Labute approximate surface area is 99.4 Å². The standard InChI is InChI=1S/C10H13ClN2OS/c1-13(4-5-14)7-2-3-8(10(12)15)9(11)6-7/h2-3,6,14H,4-5H2,1H3,(H2,12,15). The lowest BCUT2D eigenvalue weighted by Gasteiger charge is -2.18. The molecular formula is C10H13ClN2OS. The van der Waals surface area contributed by atoms with E-state index in [2.05, 4.69) is 0 Å². The van der Waals surface area contributed by atoms with Gasteiger partial charge < -0.3 is 15.7 Å². The summed E-state index contributed by atoms with van der Waals surface area (Å²) >= 11 is 10.9. The third kappa shape index (κ3) is 3.06. The predicted molar refractivity (Wildman–Crippen MR) is 67.7 cm³/mol. The van der Waals surface area contributed by atoms with Gasteiger partial charge >= 0.3 is 0 Å². The van der Waals surface area contributed by atoms with Gasteiger partial charge in [-0.05, 0) is 18.2 Å². The van der Waals surface area contributed by atoms with Crippen molar-refractivity contribution >= 4 is 34.5 Å². The number of aliphatic hydroxyl groups is 1. The second-order valence-corrected chi connectivity index (χ2v) is 4.02. The van der Waals surface area contributed by atoms with Crippen LogP contribution in [0.4, 0.5) is 5.69 Å². The normalized spacial score (nSPS) is 10.1. The molecule has 15 heavy (non-hydrogen) atoms. The zero-order chi connectivity index (χ0) is 11.4. The van der Waals surface area contributed by atoms with Gasteiger partial charge in [-0.15, -0.1) is 0 Å². The van der Waals surface area contributed by atoms with E-state index in [-0.39, 0.29) is 11.6 Å². The SMILES string of the molecule is CN(CCO)c1ccc(C(N)=S)c(Cl)c1. The lowest BCUT2D eigenvalue weighted by atomic mass is 10.2. The molecule has 0 amide bonds. The topological polar surface area (TPSA) is 49.5 Å². The Hall–Kier alpha value is -0.840. The molecule has 0 unspecified atom stereocenters. The highest BCUT2D eigenvalue weighted by Crippen LogP contribution is 2.22. The lowest BCUT2D eigenvalue weighted by molar-refractivity contribution is 0.304. The third-order valence-electron chi connectivity index (χ3n) is 2.09. The number of nitrogens with two attached hydrogens (primary N) is 1. The number of thiocarbonyl (C=S) groups is 1. The summed E-state index contributed by atoms with van der Waals surface area (Å²) < 4.78 is 0. The fraction of sp³-hybridized carbons (Fsp3) is 0.300. The van der Waals surface area contributed by atoms with Crippen LogP contribution in [0.25, 0.3) is 0 Å². The van der Waals surface area contributed by atoms with Crippen molar-refractivity contribution in [2.45, 2.75) is 0 Å². The lowest BCUT2D eigenvalue weighted by Crippen LogP contribution is -2.21. The highest BCUT2D eigenvalue weighted by molar-refractivity contribution is 7.80. The van der Waals surface area contributed by atoms with E-state index >= 15 is 0 Å². The summed E-state index contributed by atoms with van der Waals surface area (Å²) in [5, 5.41) is 9.33. The molecule has 82 valence electrons. The monoisotopic (exact) mass is 244 g/mol. The molecule has 0 aliphatic heterocycles. The molecule has 3 nitrogen and oxygen atoms in total. The summed E-state index contributed by atoms with van der Waals surface area (Å²) in [7, 11) is 1.88. The van der Waals surface area contributed by atoms with E-state index in [1.54, 1.807) is 12.1 Å². The molecule has 0 bridgehead atoms. The Balaban J connectivity index is 2.96. The molecule has 0 atom stereocenters. The van der Waals surface area contributed by atoms with Crippen LogP contribution >= 0.6 is 23.8 Å². The number of nitrogens with zero attached hydrogens (tertiary/aromatic N) is 1. The number of benzene rings is 1. The molecule has 1 aromatic carbocycles. The van der Waals surface area contributed by atoms with E-state index in [0.717, 1.165) is 5.69 Å². The summed E-state index contributed by atoms with van der Waals surface area (Å²) in [5.41, 5.74) is 7.09. The first-order chi connectivity index (χ1) is 7.06. The Morgan fingerprint density at radius 3 is 2.73 bits per heavy atom. The molecule has 1 rings (SSSR count). The summed E-state index contributed by atoms with van der Waals surface area (Å²) in [4.78, 5) is 2.19. The van der Waals surface area contributed by atoms with E-state index in [9.17, 15) is 0 Å². The summed E-state index contributed by atoms with van der Waals surface area (Å²) in [5.74, 6) is 0. The smallest absolute Gasteiger partial charge is 0.105 e. The Morgan fingerprint density at radius 2 is 2.27 bits per heavy atom. The van der Waals surface area contributed by atoms with E-state index in [4.69, 9.17) is 34.7 Å². The van der Waals surface area contributed by atoms with E-state index in [1.807, 2.05) is 18.0 Å². The first-order valence-corrected chi connectivity index (χ1v) is 5.26. The van der Waals surface area contributed by atoms with Crippen LogP contribution in [-0.4, -0.2) is 30.3 Å². The average molecular weight is 245 g/mol. The molecule has 1 aromatic rings. The molecule has 0 heterocycles. The molecule has 3 N–H and O–H groups in total. The van der Waals surface area contributed by atoms with Gasteiger partial charge in [-0.25, -0.2) is 0 Å². The van der Waals surface area contributed by atoms with Crippen molar-refractivity contribution in [1.29, 1.82) is 0 Å². The van der Waals surface area contributed by atoms with Crippen molar-refractivity contribution in [2.75, 3.05) is 25.1 Å². The molecule has 0 aromatic heterocycles. The molecular weight excluding hydrogens is 232 g/mol. The number of hydrogen-bond donors (Lipinski definition) is 2. The van der Waals surface area contributed by atoms with Crippen molar-refractivity contribution in [1.82, 2.24) is 0 Å². The third-order valence-corrected chi connectivity index (χ3v) is 2.63. The van der Waals surface area contributed by atoms with Gasteiger partial charge in [0, 0.05) is 24.8 Å². The second kappa shape index (κ2) is 5.30. The molecule has 0 saturated heterocycles. The van der Waals surface area contributed by atoms with Crippen LogP contribution in [0.15, 0.2) is 18.2 Å². The van der Waals surface area contributed by atoms with Gasteiger partial charge in [-0.2, -0.15) is 0 Å². The Bertz CT molecular complexity index is 370. The zero-order valence-corrected chi connectivity index (χ0v) is 9.98. The largest absolute Gasteiger partial charge is 0.395 e. The van der Waals surface area contributed by atoms with Crippen LogP contribution in [-0.2, 0) is 0 Å². The fourth-order valence-corrected chi connectivity index (χ4v) is 1.73. The quantitative estimate of drug-likeness (QED) is 0.787. The maximum Gasteiger partial charge on any atom is 0.105 e. The van der Waals surface area contributed by atoms with Crippen LogP contribution in [0.2, 0.25) is 5.02 Å². The second-order valence-electron chi connectivity index (χ2n) is 3.17. The zero-order valence-electron chi connectivity index (χ0n) is 8.40. The first kappa shape index (κ1) is 12.2. The van der Waals surface area contributed by atoms with Crippen LogP contribution in [0.5, 0.6) is 0 Å². The summed E-state index contributed by atoms with van der Waals surface area (Å²) in [6, 6.07) is 5.44. The molecule has 0 aliphatic carbocycles. The van der Waals surface area contributed by atoms with Gasteiger partial charge in [0.15, 0.2) is 0 Å². The highest BCUT2D eigenvalue weighted by Gasteiger charge is 2.06. The number of anilines is 1. The van der Waals surface area contributed by atoms with E-state index < -0.39 is 0 Å². The van der Waals surface area contributed by atoms with Gasteiger partial charge in [0.25, 0.3) is 0 Å². The van der Waals surface area contributed by atoms with E-state index in [0.29, 0.717) is 17.1 Å². The van der Waals surface area contributed by atoms with E-state index in [1.165, 1.54) is 0 Å². The maximum absolute atomic E-state index is 8.79. The minimum Gasteiger partial charge on any atom is -0.395 e.